The predicted octanol–water partition coefficient (Wildman–Crippen LogP) is 0.729. The molecule has 3 N–H and O–H groups in total. The van der Waals surface area contributed by atoms with Gasteiger partial charge in [0.25, 0.3) is 0 Å². The molecule has 1 aromatic heterocycles. The molecule has 1 unspecified atom stereocenters. The summed E-state index contributed by atoms with van der Waals surface area (Å²) in [4.78, 5) is 8.76. The Hall–Kier alpha value is -2.32. The number of aliphatic hydroxyl groups excluding tert-OH is 2. The SMILES string of the molecule is COc1cc2c(NCC(O)CO)nc(C)nc2c(OC)c1OC. The lowest BCUT2D eigenvalue weighted by molar-refractivity contribution is 0.105. The van der Waals surface area contributed by atoms with E-state index in [1.54, 1.807) is 13.0 Å². The number of rotatable bonds is 7. The van der Waals surface area contributed by atoms with Gasteiger partial charge in [-0.15, -0.1) is 0 Å². The number of nitrogens with one attached hydrogen (secondary N) is 1. The summed E-state index contributed by atoms with van der Waals surface area (Å²) in [7, 11) is 4.58. The zero-order valence-corrected chi connectivity index (χ0v) is 13.6. The second-order valence-electron chi connectivity index (χ2n) is 4.88. The van der Waals surface area contributed by atoms with Crippen LogP contribution in [0.4, 0.5) is 5.82 Å². The van der Waals surface area contributed by atoms with Crippen molar-refractivity contribution in [2.45, 2.75) is 13.0 Å². The van der Waals surface area contributed by atoms with Crippen LogP contribution in [-0.4, -0.2) is 60.8 Å². The van der Waals surface area contributed by atoms with Gasteiger partial charge in [-0.2, -0.15) is 0 Å². The Morgan fingerprint density at radius 1 is 1.13 bits per heavy atom. The van der Waals surface area contributed by atoms with E-state index in [1.165, 1.54) is 21.3 Å². The molecular weight excluding hydrogens is 302 g/mol. The van der Waals surface area contributed by atoms with Gasteiger partial charge in [0.1, 0.15) is 17.2 Å². The Kier molecular flexibility index (Phi) is 5.41. The third-order valence-electron chi connectivity index (χ3n) is 3.32. The van der Waals surface area contributed by atoms with Crippen molar-refractivity contribution in [3.63, 3.8) is 0 Å². The quantitative estimate of drug-likeness (QED) is 0.685. The number of anilines is 1. The number of benzene rings is 1. The van der Waals surface area contributed by atoms with Crippen molar-refractivity contribution < 1.29 is 24.4 Å². The van der Waals surface area contributed by atoms with Gasteiger partial charge in [0.15, 0.2) is 11.5 Å². The highest BCUT2D eigenvalue weighted by atomic mass is 16.5. The molecule has 0 aliphatic heterocycles. The molecule has 0 amide bonds. The molecule has 1 heterocycles. The summed E-state index contributed by atoms with van der Waals surface area (Å²) in [6, 6.07) is 1.74. The first-order chi connectivity index (χ1) is 11.0. The van der Waals surface area contributed by atoms with Crippen LogP contribution in [0.15, 0.2) is 6.07 Å². The minimum atomic E-state index is -0.887. The maximum atomic E-state index is 9.52. The molecule has 1 aromatic carbocycles. The highest BCUT2D eigenvalue weighted by Gasteiger charge is 2.20. The highest BCUT2D eigenvalue weighted by Crippen LogP contribution is 2.43. The summed E-state index contributed by atoms with van der Waals surface area (Å²) in [6.07, 6.45) is -0.887. The van der Waals surface area contributed by atoms with Crippen molar-refractivity contribution >= 4 is 16.7 Å². The summed E-state index contributed by atoms with van der Waals surface area (Å²) in [5.74, 6) is 2.42. The number of hydrogen-bond acceptors (Lipinski definition) is 8. The zero-order chi connectivity index (χ0) is 17.0. The Balaban J connectivity index is 2.64. The van der Waals surface area contributed by atoms with Gasteiger partial charge in [0.05, 0.1) is 39.4 Å². The molecule has 0 spiro atoms. The van der Waals surface area contributed by atoms with E-state index in [0.29, 0.717) is 39.8 Å². The number of fused-ring (bicyclic) bond motifs is 1. The first-order valence-electron chi connectivity index (χ1n) is 7.05. The largest absolute Gasteiger partial charge is 0.493 e. The van der Waals surface area contributed by atoms with Crippen LogP contribution in [0, 0.1) is 6.92 Å². The van der Waals surface area contributed by atoms with E-state index in [0.717, 1.165) is 0 Å². The van der Waals surface area contributed by atoms with Crippen LogP contribution < -0.4 is 19.5 Å². The van der Waals surface area contributed by atoms with Crippen LogP contribution in [0.3, 0.4) is 0 Å². The molecule has 0 saturated carbocycles. The molecule has 0 aliphatic rings. The predicted molar refractivity (Wildman–Crippen MR) is 85.5 cm³/mol. The molecule has 0 bridgehead atoms. The smallest absolute Gasteiger partial charge is 0.205 e. The standard InChI is InChI=1S/C15H21N3O5/c1-8-17-12-10(15(18-8)16-6-9(20)7-19)5-11(21-2)13(22-3)14(12)23-4/h5,9,19-20H,6-7H2,1-4H3,(H,16,17,18). The number of aryl methyl sites for hydroxylation is 1. The fourth-order valence-corrected chi connectivity index (χ4v) is 2.26. The van der Waals surface area contributed by atoms with Gasteiger partial charge in [-0.3, -0.25) is 0 Å². The monoisotopic (exact) mass is 323 g/mol. The summed E-state index contributed by atoms with van der Waals surface area (Å²) in [5, 5.41) is 22.1. The summed E-state index contributed by atoms with van der Waals surface area (Å²) < 4.78 is 16.1. The van der Waals surface area contributed by atoms with Crippen molar-refractivity contribution in [3.8, 4) is 17.2 Å². The lowest BCUT2D eigenvalue weighted by Crippen LogP contribution is -2.23. The summed E-state index contributed by atoms with van der Waals surface area (Å²) in [6.45, 7) is 1.57. The van der Waals surface area contributed by atoms with Crippen LogP contribution in [0.1, 0.15) is 5.82 Å². The van der Waals surface area contributed by atoms with Crippen molar-refractivity contribution in [1.82, 2.24) is 9.97 Å². The van der Waals surface area contributed by atoms with Crippen LogP contribution in [0.25, 0.3) is 10.9 Å². The van der Waals surface area contributed by atoms with Gasteiger partial charge in [0, 0.05) is 6.54 Å². The molecule has 8 heteroatoms. The van der Waals surface area contributed by atoms with E-state index in [4.69, 9.17) is 19.3 Å². The van der Waals surface area contributed by atoms with E-state index < -0.39 is 6.10 Å². The second-order valence-corrected chi connectivity index (χ2v) is 4.88. The summed E-state index contributed by atoms with van der Waals surface area (Å²) >= 11 is 0. The Morgan fingerprint density at radius 2 is 1.83 bits per heavy atom. The average Bonchev–Trinajstić information content (AvgIpc) is 2.57. The lowest BCUT2D eigenvalue weighted by atomic mass is 10.1. The molecule has 0 aliphatic carbocycles. The fraction of sp³-hybridized carbons (Fsp3) is 0.467. The summed E-state index contributed by atoms with van der Waals surface area (Å²) in [5.41, 5.74) is 0.568. The molecule has 0 fully saturated rings. The second kappa shape index (κ2) is 7.30. The van der Waals surface area contributed by atoms with Gasteiger partial charge in [0.2, 0.25) is 5.75 Å². The van der Waals surface area contributed by atoms with Crippen LogP contribution in [0.5, 0.6) is 17.2 Å². The first kappa shape index (κ1) is 17.0. The molecule has 8 nitrogen and oxygen atoms in total. The van der Waals surface area contributed by atoms with Gasteiger partial charge >= 0.3 is 0 Å². The van der Waals surface area contributed by atoms with Gasteiger partial charge in [-0.1, -0.05) is 0 Å². The number of methoxy groups -OCH3 is 3. The van der Waals surface area contributed by atoms with Crippen molar-refractivity contribution in [2.24, 2.45) is 0 Å². The molecule has 2 aromatic rings. The number of aromatic nitrogens is 2. The van der Waals surface area contributed by atoms with Gasteiger partial charge in [-0.25, -0.2) is 9.97 Å². The Bertz CT molecular complexity index is 693. The lowest BCUT2D eigenvalue weighted by Gasteiger charge is -2.17. The van der Waals surface area contributed by atoms with Crippen molar-refractivity contribution in [2.75, 3.05) is 39.8 Å². The molecule has 1 atom stereocenters. The van der Waals surface area contributed by atoms with E-state index in [2.05, 4.69) is 15.3 Å². The Morgan fingerprint density at radius 3 is 2.39 bits per heavy atom. The minimum absolute atomic E-state index is 0.152. The third-order valence-corrected chi connectivity index (χ3v) is 3.32. The number of aliphatic hydroxyl groups is 2. The molecule has 0 radical (unpaired) electrons. The fourth-order valence-electron chi connectivity index (χ4n) is 2.26. The third kappa shape index (κ3) is 3.38. The minimum Gasteiger partial charge on any atom is -0.493 e. The zero-order valence-electron chi connectivity index (χ0n) is 13.6. The average molecular weight is 323 g/mol. The van der Waals surface area contributed by atoms with Crippen LogP contribution >= 0.6 is 0 Å². The van der Waals surface area contributed by atoms with Gasteiger partial charge < -0.3 is 29.7 Å². The van der Waals surface area contributed by atoms with Crippen LogP contribution in [0.2, 0.25) is 0 Å². The van der Waals surface area contributed by atoms with E-state index >= 15 is 0 Å². The van der Waals surface area contributed by atoms with E-state index in [9.17, 15) is 5.11 Å². The van der Waals surface area contributed by atoms with Crippen LogP contribution in [-0.2, 0) is 0 Å². The Labute approximate surface area is 134 Å². The molecule has 23 heavy (non-hydrogen) atoms. The van der Waals surface area contributed by atoms with E-state index in [1.807, 2.05) is 0 Å². The molecular formula is C15H21N3O5. The van der Waals surface area contributed by atoms with Gasteiger partial charge in [-0.05, 0) is 13.0 Å². The number of hydrogen-bond donors (Lipinski definition) is 3. The topological polar surface area (TPSA) is 106 Å². The molecule has 2 rings (SSSR count). The maximum absolute atomic E-state index is 9.52. The maximum Gasteiger partial charge on any atom is 0.205 e. The number of nitrogens with zero attached hydrogens (tertiary/aromatic N) is 2. The first-order valence-corrected chi connectivity index (χ1v) is 7.05. The highest BCUT2D eigenvalue weighted by molar-refractivity contribution is 5.96. The molecule has 126 valence electrons. The van der Waals surface area contributed by atoms with E-state index in [-0.39, 0.29) is 13.2 Å². The normalized spacial score (nSPS) is 12.1. The molecule has 0 saturated heterocycles. The number of ether oxygens (including phenoxy) is 3. The van der Waals surface area contributed by atoms with Crippen molar-refractivity contribution in [3.05, 3.63) is 11.9 Å². The van der Waals surface area contributed by atoms with Crippen molar-refractivity contribution in [1.29, 1.82) is 0 Å².